The van der Waals surface area contributed by atoms with Crippen LogP contribution in [0.3, 0.4) is 0 Å². The second-order valence-electron chi connectivity index (χ2n) is 3.95. The Bertz CT molecular complexity index is 117. The molecular formula is C9H19NO. The summed E-state index contributed by atoms with van der Waals surface area (Å²) in [6, 6.07) is 0. The zero-order valence-electron chi connectivity index (χ0n) is 7.34. The Hall–Kier alpha value is -0.0800. The van der Waals surface area contributed by atoms with Gasteiger partial charge in [0, 0.05) is 0 Å². The lowest BCUT2D eigenvalue weighted by atomic mass is 9.78. The van der Waals surface area contributed by atoms with Gasteiger partial charge in [-0.1, -0.05) is 6.92 Å². The fourth-order valence-corrected chi connectivity index (χ4v) is 1.82. The van der Waals surface area contributed by atoms with Crippen molar-refractivity contribution in [1.82, 2.24) is 0 Å². The van der Waals surface area contributed by atoms with E-state index in [-0.39, 0.29) is 0 Å². The molecule has 0 aromatic carbocycles. The van der Waals surface area contributed by atoms with Gasteiger partial charge in [0.15, 0.2) is 0 Å². The Kier molecular flexibility index (Phi) is 2.90. The Balaban J connectivity index is 2.35. The van der Waals surface area contributed by atoms with Crippen LogP contribution < -0.4 is 5.73 Å². The molecule has 1 rings (SSSR count). The van der Waals surface area contributed by atoms with E-state index in [1.807, 2.05) is 0 Å². The predicted molar refractivity (Wildman–Crippen MR) is 46.3 cm³/mol. The maximum atomic E-state index is 9.91. The van der Waals surface area contributed by atoms with E-state index < -0.39 is 5.60 Å². The molecule has 1 aliphatic carbocycles. The van der Waals surface area contributed by atoms with Crippen molar-refractivity contribution < 1.29 is 5.11 Å². The van der Waals surface area contributed by atoms with E-state index >= 15 is 0 Å². The van der Waals surface area contributed by atoms with Crippen LogP contribution in [-0.4, -0.2) is 17.3 Å². The van der Waals surface area contributed by atoms with Crippen molar-refractivity contribution in [2.75, 3.05) is 6.54 Å². The van der Waals surface area contributed by atoms with Crippen LogP contribution >= 0.6 is 0 Å². The largest absolute Gasteiger partial charge is 0.390 e. The summed E-state index contributed by atoms with van der Waals surface area (Å²) >= 11 is 0. The molecule has 0 aliphatic heterocycles. The van der Waals surface area contributed by atoms with Crippen LogP contribution in [0.4, 0.5) is 0 Å². The summed E-state index contributed by atoms with van der Waals surface area (Å²) in [6.07, 6.45) is 5.00. The molecule has 0 aromatic heterocycles. The third-order valence-corrected chi connectivity index (χ3v) is 2.81. The van der Waals surface area contributed by atoms with Gasteiger partial charge in [0.2, 0.25) is 0 Å². The topological polar surface area (TPSA) is 46.2 Å². The van der Waals surface area contributed by atoms with Gasteiger partial charge in [-0.2, -0.15) is 0 Å². The predicted octanol–water partition coefficient (Wildman–Crippen LogP) is 1.28. The lowest BCUT2D eigenvalue weighted by molar-refractivity contribution is -0.0122. The maximum Gasteiger partial charge on any atom is 0.0660 e. The van der Waals surface area contributed by atoms with E-state index in [4.69, 9.17) is 5.73 Å². The van der Waals surface area contributed by atoms with E-state index in [2.05, 4.69) is 6.92 Å². The SMILES string of the molecule is CC1CCC(O)(CCN)CC1. The Morgan fingerprint density at radius 2 is 2.00 bits per heavy atom. The van der Waals surface area contributed by atoms with Crippen molar-refractivity contribution >= 4 is 0 Å². The van der Waals surface area contributed by atoms with Gasteiger partial charge in [-0.15, -0.1) is 0 Å². The van der Waals surface area contributed by atoms with Crippen LogP contribution in [0.1, 0.15) is 39.0 Å². The van der Waals surface area contributed by atoms with Gasteiger partial charge in [-0.3, -0.25) is 0 Å². The van der Waals surface area contributed by atoms with Crippen LogP contribution in [0.5, 0.6) is 0 Å². The summed E-state index contributed by atoms with van der Waals surface area (Å²) in [5, 5.41) is 9.91. The highest BCUT2D eigenvalue weighted by Crippen LogP contribution is 2.33. The van der Waals surface area contributed by atoms with Crippen LogP contribution in [0.2, 0.25) is 0 Å². The first kappa shape index (κ1) is 9.01. The summed E-state index contributed by atoms with van der Waals surface area (Å²) in [4.78, 5) is 0. The quantitative estimate of drug-likeness (QED) is 0.634. The first-order chi connectivity index (χ1) is 5.16. The van der Waals surface area contributed by atoms with Gasteiger partial charge < -0.3 is 10.8 Å². The van der Waals surface area contributed by atoms with Crippen molar-refractivity contribution in [2.24, 2.45) is 11.7 Å². The number of aliphatic hydroxyl groups is 1. The first-order valence-electron chi connectivity index (χ1n) is 4.59. The fourth-order valence-electron chi connectivity index (χ4n) is 1.82. The average molecular weight is 157 g/mol. The highest BCUT2D eigenvalue weighted by Gasteiger charge is 2.30. The lowest BCUT2D eigenvalue weighted by Gasteiger charge is -2.34. The van der Waals surface area contributed by atoms with E-state index in [0.29, 0.717) is 6.54 Å². The monoisotopic (exact) mass is 157 g/mol. The molecular weight excluding hydrogens is 138 g/mol. The van der Waals surface area contributed by atoms with Gasteiger partial charge >= 0.3 is 0 Å². The van der Waals surface area contributed by atoms with Gasteiger partial charge in [0.25, 0.3) is 0 Å². The molecule has 66 valence electrons. The second kappa shape index (κ2) is 3.55. The molecule has 1 saturated carbocycles. The van der Waals surface area contributed by atoms with Gasteiger partial charge in [-0.05, 0) is 44.6 Å². The molecule has 0 radical (unpaired) electrons. The van der Waals surface area contributed by atoms with Crippen molar-refractivity contribution in [3.05, 3.63) is 0 Å². The average Bonchev–Trinajstić information content (AvgIpc) is 1.97. The maximum absolute atomic E-state index is 9.91. The smallest absolute Gasteiger partial charge is 0.0660 e. The third-order valence-electron chi connectivity index (χ3n) is 2.81. The minimum atomic E-state index is -0.415. The summed E-state index contributed by atoms with van der Waals surface area (Å²) in [6.45, 7) is 2.87. The molecule has 1 aliphatic rings. The number of hydrogen-bond donors (Lipinski definition) is 2. The molecule has 11 heavy (non-hydrogen) atoms. The fraction of sp³-hybridized carbons (Fsp3) is 1.00. The molecule has 0 saturated heterocycles. The molecule has 2 nitrogen and oxygen atoms in total. The summed E-state index contributed by atoms with van der Waals surface area (Å²) in [7, 11) is 0. The van der Waals surface area contributed by atoms with Crippen molar-refractivity contribution in [3.63, 3.8) is 0 Å². The van der Waals surface area contributed by atoms with E-state index in [0.717, 1.165) is 38.0 Å². The normalized spacial score (nSPS) is 39.0. The minimum Gasteiger partial charge on any atom is -0.390 e. The molecule has 0 atom stereocenters. The second-order valence-corrected chi connectivity index (χ2v) is 3.95. The molecule has 1 fully saturated rings. The van der Waals surface area contributed by atoms with Crippen molar-refractivity contribution in [3.8, 4) is 0 Å². The first-order valence-corrected chi connectivity index (χ1v) is 4.59. The summed E-state index contributed by atoms with van der Waals surface area (Å²) in [5.74, 6) is 0.799. The van der Waals surface area contributed by atoms with Crippen LogP contribution in [-0.2, 0) is 0 Å². The van der Waals surface area contributed by atoms with Crippen molar-refractivity contribution in [1.29, 1.82) is 0 Å². The molecule has 0 heterocycles. The molecule has 0 bridgehead atoms. The van der Waals surface area contributed by atoms with E-state index in [1.165, 1.54) is 0 Å². The van der Waals surface area contributed by atoms with Gasteiger partial charge in [-0.25, -0.2) is 0 Å². The van der Waals surface area contributed by atoms with Gasteiger partial charge in [0.1, 0.15) is 0 Å². The van der Waals surface area contributed by atoms with Crippen LogP contribution in [0.15, 0.2) is 0 Å². The highest BCUT2D eigenvalue weighted by atomic mass is 16.3. The third kappa shape index (κ3) is 2.46. The molecule has 0 unspecified atom stereocenters. The van der Waals surface area contributed by atoms with E-state index in [1.54, 1.807) is 0 Å². The zero-order valence-corrected chi connectivity index (χ0v) is 7.34. The highest BCUT2D eigenvalue weighted by molar-refractivity contribution is 4.84. The summed E-state index contributed by atoms with van der Waals surface area (Å²) in [5.41, 5.74) is 5.00. The summed E-state index contributed by atoms with van der Waals surface area (Å²) < 4.78 is 0. The molecule has 0 spiro atoms. The number of hydrogen-bond acceptors (Lipinski definition) is 2. The Morgan fingerprint density at radius 1 is 1.45 bits per heavy atom. The van der Waals surface area contributed by atoms with Gasteiger partial charge in [0.05, 0.1) is 5.60 Å². The van der Waals surface area contributed by atoms with Crippen molar-refractivity contribution in [2.45, 2.75) is 44.6 Å². The van der Waals surface area contributed by atoms with Crippen LogP contribution in [0, 0.1) is 5.92 Å². The zero-order chi connectivity index (χ0) is 8.32. The molecule has 2 heteroatoms. The lowest BCUT2D eigenvalue weighted by Crippen LogP contribution is -2.35. The molecule has 0 aromatic rings. The molecule has 3 N–H and O–H groups in total. The Labute approximate surface area is 68.8 Å². The number of rotatable bonds is 2. The molecule has 0 amide bonds. The minimum absolute atomic E-state index is 0.415. The van der Waals surface area contributed by atoms with Crippen LogP contribution in [0.25, 0.3) is 0 Å². The number of nitrogens with two attached hydrogens (primary N) is 1. The van der Waals surface area contributed by atoms with E-state index in [9.17, 15) is 5.11 Å². The Morgan fingerprint density at radius 3 is 2.45 bits per heavy atom. The standard InChI is InChI=1S/C9H19NO/c1-8-2-4-9(11,5-3-8)6-7-10/h8,11H,2-7,10H2,1H3.